The van der Waals surface area contributed by atoms with Crippen LogP contribution in [0.3, 0.4) is 0 Å². The average molecular weight is 808 g/mol. The van der Waals surface area contributed by atoms with Gasteiger partial charge in [0.15, 0.2) is 6.10 Å². The van der Waals surface area contributed by atoms with Gasteiger partial charge in [-0.05, 0) is 103 Å². The van der Waals surface area contributed by atoms with E-state index in [1.54, 1.807) is 24.3 Å². The third-order valence-corrected chi connectivity index (χ3v) is 9.91. The highest BCUT2D eigenvalue weighted by molar-refractivity contribution is 14.1. The van der Waals surface area contributed by atoms with Crippen LogP contribution >= 0.6 is 69.2 Å². The Hall–Kier alpha value is -2.96. The summed E-state index contributed by atoms with van der Waals surface area (Å²) < 4.78 is 6.95. The van der Waals surface area contributed by atoms with Crippen LogP contribution < -0.4 is 20.5 Å². The highest BCUT2D eigenvalue weighted by Crippen LogP contribution is 2.41. The molecule has 0 radical (unpaired) electrons. The summed E-state index contributed by atoms with van der Waals surface area (Å²) in [7, 11) is 0. The van der Waals surface area contributed by atoms with Crippen LogP contribution in [0.25, 0.3) is 0 Å². The van der Waals surface area contributed by atoms with Gasteiger partial charge in [0.05, 0.1) is 26.4 Å². The first-order valence-electron chi connectivity index (χ1n) is 14.4. The lowest BCUT2D eigenvalue weighted by molar-refractivity contribution is -0.122. The number of para-hydroxylation sites is 1. The molecule has 1 heterocycles. The fraction of sp³-hybridized carbons (Fsp3) is 0.206. The smallest absolute Gasteiger partial charge is 0.267 e. The predicted octanol–water partition coefficient (Wildman–Crippen LogP) is 9.72. The largest absolute Gasteiger partial charge is 0.480 e. The summed E-state index contributed by atoms with van der Waals surface area (Å²) in [6.45, 7) is 7.79. The Morgan fingerprint density at radius 2 is 1.67 bits per heavy atom. The molecule has 1 aliphatic heterocycles. The van der Waals surface area contributed by atoms with E-state index >= 15 is 0 Å². The van der Waals surface area contributed by atoms with Gasteiger partial charge in [0.1, 0.15) is 22.5 Å². The molecule has 2 unspecified atom stereocenters. The Morgan fingerprint density at radius 3 is 2.37 bits per heavy atom. The second-order valence-corrected chi connectivity index (χ2v) is 14.3. The molecule has 46 heavy (non-hydrogen) atoms. The lowest BCUT2D eigenvalue weighted by atomic mass is 10.1. The fourth-order valence-electron chi connectivity index (χ4n) is 4.82. The van der Waals surface area contributed by atoms with Crippen molar-refractivity contribution in [2.24, 2.45) is 4.99 Å². The molecule has 1 saturated heterocycles. The van der Waals surface area contributed by atoms with Gasteiger partial charge in [-0.3, -0.25) is 15.0 Å². The van der Waals surface area contributed by atoms with Crippen LogP contribution in [0.5, 0.6) is 5.75 Å². The number of amidine groups is 1. The lowest BCUT2D eigenvalue weighted by Gasteiger charge is -2.20. The van der Waals surface area contributed by atoms with E-state index in [9.17, 15) is 9.59 Å². The lowest BCUT2D eigenvalue weighted by Crippen LogP contribution is -2.36. The van der Waals surface area contributed by atoms with Crippen molar-refractivity contribution in [3.05, 3.63) is 108 Å². The number of anilines is 2. The maximum Gasteiger partial charge on any atom is 0.267 e. The molecule has 2 atom stereocenters. The number of nitrogens with one attached hydrogen (secondary N) is 2. The normalized spacial score (nSPS) is 16.0. The Kier molecular flexibility index (Phi) is 11.1. The molecule has 7 nitrogen and oxygen atoms in total. The summed E-state index contributed by atoms with van der Waals surface area (Å²) in [4.78, 5) is 33.0. The van der Waals surface area contributed by atoms with Crippen LogP contribution in [-0.4, -0.2) is 29.0 Å². The van der Waals surface area contributed by atoms with Gasteiger partial charge < -0.3 is 10.1 Å². The van der Waals surface area contributed by atoms with Crippen LogP contribution in [-0.2, 0) is 9.59 Å². The maximum atomic E-state index is 14.1. The maximum absolute atomic E-state index is 14.1. The first kappa shape index (κ1) is 34.4. The Morgan fingerprint density at radius 1 is 1.00 bits per heavy atom. The summed E-state index contributed by atoms with van der Waals surface area (Å²) in [6.07, 6.45) is -0.268. The highest BCUT2D eigenvalue weighted by Gasteiger charge is 2.41. The molecule has 12 heteroatoms. The van der Waals surface area contributed by atoms with E-state index in [4.69, 9.17) is 44.5 Å². The average Bonchev–Trinajstić information content (AvgIpc) is 3.28. The topological polar surface area (TPSA) is 83.0 Å². The molecule has 4 aromatic carbocycles. The summed E-state index contributed by atoms with van der Waals surface area (Å²) in [5, 5.41) is 4.52. The number of halogens is 4. The van der Waals surface area contributed by atoms with Gasteiger partial charge in [-0.2, -0.15) is 0 Å². The van der Waals surface area contributed by atoms with Gasteiger partial charge in [0.2, 0.25) is 0 Å². The number of thioether (sulfide) groups is 1. The van der Waals surface area contributed by atoms with Crippen LogP contribution in [0.15, 0.2) is 82.7 Å². The molecule has 5 rings (SSSR count). The quantitative estimate of drug-likeness (QED) is 0.165. The monoisotopic (exact) mass is 806 g/mol. The number of nitrogens with zero attached hydrogens (tertiary/aromatic N) is 2. The van der Waals surface area contributed by atoms with Crippen molar-refractivity contribution < 1.29 is 14.3 Å². The summed E-state index contributed by atoms with van der Waals surface area (Å²) in [6, 6.07) is 22.1. The zero-order valence-corrected chi connectivity index (χ0v) is 30.6. The number of ether oxygens (including phenoxy) is 1. The van der Waals surface area contributed by atoms with Gasteiger partial charge in [-0.15, -0.1) is 11.8 Å². The Labute approximate surface area is 301 Å². The minimum absolute atomic E-state index is 0.300. The molecule has 2 amide bonds. The first-order valence-corrected chi connectivity index (χ1v) is 17.4. The van der Waals surface area contributed by atoms with Gasteiger partial charge >= 0.3 is 0 Å². The van der Waals surface area contributed by atoms with E-state index in [0.29, 0.717) is 55.0 Å². The van der Waals surface area contributed by atoms with Gasteiger partial charge in [-0.25, -0.2) is 10.0 Å². The number of hydrogen-bond donors (Lipinski definition) is 2. The van der Waals surface area contributed by atoms with E-state index in [-0.39, 0.29) is 11.8 Å². The van der Waals surface area contributed by atoms with Crippen molar-refractivity contribution in [1.29, 1.82) is 0 Å². The molecule has 1 fully saturated rings. The third kappa shape index (κ3) is 7.77. The number of aryl methyl sites for hydroxylation is 3. The van der Waals surface area contributed by atoms with Crippen molar-refractivity contribution >= 4 is 104 Å². The van der Waals surface area contributed by atoms with E-state index in [0.717, 1.165) is 20.3 Å². The van der Waals surface area contributed by atoms with Crippen LogP contribution in [0.4, 0.5) is 17.1 Å². The zero-order valence-electron chi connectivity index (χ0n) is 25.3. The molecular formula is C34H30Cl3IN4O3S. The van der Waals surface area contributed by atoms with Gasteiger partial charge in [0.25, 0.3) is 11.8 Å². The number of carbonyl (C=O) groups excluding carboxylic acids is 2. The zero-order chi connectivity index (χ0) is 33.1. The van der Waals surface area contributed by atoms with Crippen molar-refractivity contribution in [1.82, 2.24) is 5.43 Å². The number of benzene rings is 4. The van der Waals surface area contributed by atoms with Crippen LogP contribution in [0.2, 0.25) is 15.1 Å². The molecule has 2 N–H and O–H groups in total. The predicted molar refractivity (Wildman–Crippen MR) is 198 cm³/mol. The minimum Gasteiger partial charge on any atom is -0.480 e. The number of hydrogen-bond acceptors (Lipinski definition) is 5. The first-order chi connectivity index (χ1) is 21.9. The second kappa shape index (κ2) is 14.9. The second-order valence-electron chi connectivity index (χ2n) is 10.7. The molecule has 0 saturated carbocycles. The van der Waals surface area contributed by atoms with Gasteiger partial charge in [-0.1, -0.05) is 77.6 Å². The molecule has 238 valence electrons. The number of hydrazine groups is 1. The van der Waals surface area contributed by atoms with Gasteiger partial charge in [0, 0.05) is 8.47 Å². The minimum atomic E-state index is -0.852. The molecular weight excluding hydrogens is 778 g/mol. The van der Waals surface area contributed by atoms with Crippen molar-refractivity contribution in [3.8, 4) is 5.75 Å². The summed E-state index contributed by atoms with van der Waals surface area (Å²) in [5.74, 6) is 0.342. The van der Waals surface area contributed by atoms with E-state index in [2.05, 4.69) is 33.3 Å². The SMILES string of the molecule is CCC(Oc1ccc(C)cc1C)C(=O)Nc1ccccc1SC1C(=O)N(c2c(Cl)cc(I)cc2Cl)NC1=Nc1cc(C)ccc1Cl. The van der Waals surface area contributed by atoms with Crippen molar-refractivity contribution in [3.63, 3.8) is 0 Å². The van der Waals surface area contributed by atoms with E-state index in [1.807, 2.05) is 76.2 Å². The summed E-state index contributed by atoms with van der Waals surface area (Å²) in [5.41, 5.74) is 7.49. The van der Waals surface area contributed by atoms with Crippen LogP contribution in [0, 0.1) is 24.3 Å². The molecule has 1 aliphatic rings. The number of aliphatic imine (C=N–C) groups is 1. The van der Waals surface area contributed by atoms with Crippen molar-refractivity contribution in [2.75, 3.05) is 10.3 Å². The third-order valence-electron chi connectivity index (χ3n) is 7.12. The molecule has 0 spiro atoms. The van der Waals surface area contributed by atoms with Crippen LogP contribution in [0.1, 0.15) is 30.0 Å². The molecule has 0 bridgehead atoms. The standard InChI is InChI=1S/C34H30Cl3IN4O3S/c1-5-27(45-28-13-11-18(2)14-20(28)4)33(43)40-25-8-6-7-9-29(25)46-31-32(39-26-15-19(3)10-12-22(26)35)41-42(34(31)44)30-23(36)16-21(38)17-24(30)37/h6-17,27,31H,5H2,1-4H3,(H,39,41)(H,40,43). The van der Waals surface area contributed by atoms with Crippen molar-refractivity contribution in [2.45, 2.75) is 50.4 Å². The number of carbonyl (C=O) groups is 2. The molecule has 0 aliphatic carbocycles. The van der Waals surface area contributed by atoms with E-state index in [1.165, 1.54) is 16.8 Å². The van der Waals surface area contributed by atoms with E-state index < -0.39 is 11.4 Å². The summed E-state index contributed by atoms with van der Waals surface area (Å²) >= 11 is 23.0. The Balaban J connectivity index is 1.47. The highest BCUT2D eigenvalue weighted by atomic mass is 127. The number of amides is 2. The Bertz CT molecular complexity index is 1830. The number of rotatable bonds is 9. The molecule has 4 aromatic rings. The molecule has 0 aromatic heterocycles. The fourth-order valence-corrected chi connectivity index (χ4v) is 7.71.